The van der Waals surface area contributed by atoms with Gasteiger partial charge in [0.15, 0.2) is 0 Å². The van der Waals surface area contributed by atoms with E-state index in [4.69, 9.17) is 37.4 Å². The highest BCUT2D eigenvalue weighted by atomic mass is 35.5. The summed E-state index contributed by atoms with van der Waals surface area (Å²) in [5, 5.41) is 15.1. The van der Waals surface area contributed by atoms with Crippen LogP contribution in [0.3, 0.4) is 0 Å². The number of alkyl halides is 2. The van der Waals surface area contributed by atoms with Gasteiger partial charge in [-0.2, -0.15) is 0 Å². The second kappa shape index (κ2) is 15.6. The van der Waals surface area contributed by atoms with Gasteiger partial charge in [-0.1, -0.05) is 30.3 Å². The Morgan fingerprint density at radius 3 is 2.42 bits per heavy atom. The molecule has 1 aliphatic rings. The molecule has 1 amide bonds. The molecular formula is C27H40Cl2N2O7. The lowest BCUT2D eigenvalue weighted by molar-refractivity contribution is -0.175. The van der Waals surface area contributed by atoms with Crippen LogP contribution < -0.4 is 10.6 Å². The van der Waals surface area contributed by atoms with Crippen molar-refractivity contribution in [3.63, 3.8) is 0 Å². The van der Waals surface area contributed by atoms with E-state index in [2.05, 4.69) is 10.6 Å². The van der Waals surface area contributed by atoms with Gasteiger partial charge in [0.1, 0.15) is 6.04 Å². The van der Waals surface area contributed by atoms with Crippen LogP contribution in [0.25, 0.3) is 0 Å². The van der Waals surface area contributed by atoms with Gasteiger partial charge in [-0.3, -0.25) is 9.59 Å². The Balaban J connectivity index is 2.03. The molecule has 5 unspecified atom stereocenters. The van der Waals surface area contributed by atoms with Crippen LogP contribution in [0.5, 0.6) is 0 Å². The number of aliphatic hydroxyl groups is 1. The maximum Gasteiger partial charge on any atom is 0.331 e. The highest BCUT2D eigenvalue weighted by Gasteiger charge is 2.46. The van der Waals surface area contributed by atoms with Gasteiger partial charge >= 0.3 is 11.9 Å². The van der Waals surface area contributed by atoms with Crippen LogP contribution in [0, 0.1) is 11.3 Å². The zero-order valence-electron chi connectivity index (χ0n) is 22.5. The van der Waals surface area contributed by atoms with E-state index in [0.29, 0.717) is 6.61 Å². The van der Waals surface area contributed by atoms with E-state index >= 15 is 0 Å². The molecule has 11 heteroatoms. The third-order valence-electron chi connectivity index (χ3n) is 6.24. The number of carbonyl (C=O) groups excluding carboxylic acids is 3. The maximum atomic E-state index is 13.2. The number of hydrogen-bond donors (Lipinski definition) is 3. The van der Waals surface area contributed by atoms with Crippen LogP contribution in [0.1, 0.15) is 45.6 Å². The molecule has 38 heavy (non-hydrogen) atoms. The normalized spacial score (nSPS) is 24.3. The van der Waals surface area contributed by atoms with Gasteiger partial charge in [-0.05, 0) is 59.2 Å². The van der Waals surface area contributed by atoms with E-state index in [-0.39, 0.29) is 12.8 Å². The second-order valence-electron chi connectivity index (χ2n) is 10.5. The molecule has 1 aliphatic carbocycles. The average molecular weight is 576 g/mol. The minimum Gasteiger partial charge on any atom is -0.427 e. The first kappa shape index (κ1) is 32.3. The average Bonchev–Trinajstić information content (AvgIpc) is 2.87. The van der Waals surface area contributed by atoms with Gasteiger partial charge in [0.2, 0.25) is 12.7 Å². The van der Waals surface area contributed by atoms with Crippen molar-refractivity contribution in [3.8, 4) is 0 Å². The minimum absolute atomic E-state index is 0.120. The predicted molar refractivity (Wildman–Crippen MR) is 145 cm³/mol. The number of amides is 1. The number of carbonyl (C=O) groups is 3. The summed E-state index contributed by atoms with van der Waals surface area (Å²) in [5.74, 6) is -2.83. The van der Waals surface area contributed by atoms with E-state index in [1.54, 1.807) is 20.8 Å². The Bertz CT molecular complexity index is 897. The summed E-state index contributed by atoms with van der Waals surface area (Å²) in [6, 6.07) is 7.98. The quantitative estimate of drug-likeness (QED) is 0.142. The van der Waals surface area contributed by atoms with Crippen LogP contribution in [-0.4, -0.2) is 78.9 Å². The van der Waals surface area contributed by atoms with Gasteiger partial charge in [-0.15, -0.1) is 23.2 Å². The fourth-order valence-electron chi connectivity index (χ4n) is 3.99. The third kappa shape index (κ3) is 10.0. The Labute approximate surface area is 234 Å². The smallest absolute Gasteiger partial charge is 0.331 e. The molecule has 2 rings (SSSR count). The Kier molecular flexibility index (Phi) is 13.3. The van der Waals surface area contributed by atoms with Crippen LogP contribution in [0.4, 0.5) is 0 Å². The van der Waals surface area contributed by atoms with E-state index in [0.717, 1.165) is 24.9 Å². The van der Waals surface area contributed by atoms with Crippen molar-refractivity contribution in [3.05, 3.63) is 35.9 Å². The van der Waals surface area contributed by atoms with Gasteiger partial charge in [0.25, 0.3) is 0 Å². The zero-order valence-corrected chi connectivity index (χ0v) is 24.0. The number of ether oxygens (including phenoxy) is 3. The molecule has 0 heterocycles. The summed E-state index contributed by atoms with van der Waals surface area (Å²) < 4.78 is 16.0. The molecule has 6 atom stereocenters. The molecule has 0 spiro atoms. The summed E-state index contributed by atoms with van der Waals surface area (Å²) in [6.45, 7) is 5.76. The van der Waals surface area contributed by atoms with Crippen molar-refractivity contribution >= 4 is 41.0 Å². The van der Waals surface area contributed by atoms with E-state index in [9.17, 15) is 19.5 Å². The standard InChI is InChI=1S/C27H40Cl2N2O7/c1-27(2,3)26(35)38-16-37-25(34)20(14-17-10-6-5-7-11-17)31-24(33)18-15-19(28)23(21(29)22(18)32)36-13-9-8-12-30-4/h5-7,10-11,18-23,30,32H,8-9,12-16H2,1-4H3,(H,31,33)/t18?,19?,20-,21?,22?,23?/m0/s1. The fraction of sp³-hybridized carbons (Fsp3) is 0.667. The fourth-order valence-corrected chi connectivity index (χ4v) is 4.91. The number of aliphatic hydroxyl groups excluding tert-OH is 1. The number of esters is 2. The molecule has 1 fully saturated rings. The first-order valence-corrected chi connectivity index (χ1v) is 13.7. The summed E-state index contributed by atoms with van der Waals surface area (Å²) in [7, 11) is 1.87. The monoisotopic (exact) mass is 574 g/mol. The van der Waals surface area contributed by atoms with Gasteiger partial charge < -0.3 is 30.0 Å². The van der Waals surface area contributed by atoms with Gasteiger partial charge in [0, 0.05) is 13.0 Å². The van der Waals surface area contributed by atoms with Crippen LogP contribution >= 0.6 is 23.2 Å². The molecule has 9 nitrogen and oxygen atoms in total. The molecule has 1 aromatic carbocycles. The highest BCUT2D eigenvalue weighted by molar-refractivity contribution is 6.25. The molecule has 0 aliphatic heterocycles. The molecule has 0 bridgehead atoms. The molecule has 0 radical (unpaired) electrons. The maximum absolute atomic E-state index is 13.2. The minimum atomic E-state index is -1.23. The van der Waals surface area contributed by atoms with Crippen molar-refractivity contribution in [1.82, 2.24) is 10.6 Å². The Hall–Kier alpha value is -1.91. The Morgan fingerprint density at radius 1 is 1.11 bits per heavy atom. The molecule has 1 aromatic rings. The van der Waals surface area contributed by atoms with E-state index in [1.807, 2.05) is 37.4 Å². The molecule has 1 saturated carbocycles. The topological polar surface area (TPSA) is 123 Å². The number of benzene rings is 1. The lowest BCUT2D eigenvalue weighted by atomic mass is 9.83. The van der Waals surface area contributed by atoms with Gasteiger partial charge in [-0.25, -0.2) is 4.79 Å². The first-order chi connectivity index (χ1) is 18.0. The Morgan fingerprint density at radius 2 is 1.79 bits per heavy atom. The molecule has 0 aromatic heterocycles. The summed E-state index contributed by atoms with van der Waals surface area (Å²) in [6.07, 6.45) is 0.137. The van der Waals surface area contributed by atoms with Crippen LogP contribution in [0.15, 0.2) is 30.3 Å². The van der Waals surface area contributed by atoms with Crippen LogP contribution in [-0.2, 0) is 35.0 Å². The van der Waals surface area contributed by atoms with Gasteiger partial charge in [0.05, 0.1) is 34.3 Å². The summed E-state index contributed by atoms with van der Waals surface area (Å²) in [4.78, 5) is 38.1. The third-order valence-corrected chi connectivity index (χ3v) is 7.18. The SMILES string of the molecule is CNCCCCOC1C(Cl)CC(C(=O)N[C@@H](Cc2ccccc2)C(=O)OCOC(=O)C(C)(C)C)C(O)C1Cl. The van der Waals surface area contributed by atoms with Crippen molar-refractivity contribution in [2.24, 2.45) is 11.3 Å². The van der Waals surface area contributed by atoms with E-state index < -0.39 is 65.0 Å². The van der Waals surface area contributed by atoms with Crippen molar-refractivity contribution in [2.75, 3.05) is 27.0 Å². The number of halogens is 2. The van der Waals surface area contributed by atoms with Crippen LogP contribution in [0.2, 0.25) is 0 Å². The number of rotatable bonds is 13. The number of nitrogens with one attached hydrogen (secondary N) is 2. The molecule has 3 N–H and O–H groups in total. The predicted octanol–water partition coefficient (Wildman–Crippen LogP) is 2.78. The zero-order chi connectivity index (χ0) is 28.3. The molecule has 0 saturated heterocycles. The van der Waals surface area contributed by atoms with E-state index in [1.165, 1.54) is 0 Å². The van der Waals surface area contributed by atoms with Crippen molar-refractivity contribution in [2.45, 2.75) is 75.5 Å². The summed E-state index contributed by atoms with van der Waals surface area (Å²) >= 11 is 13.0. The molecule has 214 valence electrons. The number of hydrogen-bond acceptors (Lipinski definition) is 8. The highest BCUT2D eigenvalue weighted by Crippen LogP contribution is 2.34. The molecular weight excluding hydrogens is 535 g/mol. The lowest BCUT2D eigenvalue weighted by Crippen LogP contribution is -2.56. The largest absolute Gasteiger partial charge is 0.427 e. The number of unbranched alkanes of at least 4 members (excludes halogenated alkanes) is 1. The summed E-state index contributed by atoms with van der Waals surface area (Å²) in [5.41, 5.74) is 0.0221. The first-order valence-electron chi connectivity index (χ1n) is 12.9. The van der Waals surface area contributed by atoms with Crippen molar-refractivity contribution in [1.29, 1.82) is 0 Å². The van der Waals surface area contributed by atoms with Crippen molar-refractivity contribution < 1.29 is 33.7 Å². The lowest BCUT2D eigenvalue weighted by Gasteiger charge is -2.39. The second-order valence-corrected chi connectivity index (χ2v) is 11.5.